The second kappa shape index (κ2) is 4.84. The second-order valence-corrected chi connectivity index (χ2v) is 3.59. The SMILES string of the molecule is CCON=Cc1c[nH]c2c(CC)cccc12. The summed E-state index contributed by atoms with van der Waals surface area (Å²) in [6, 6.07) is 6.31. The van der Waals surface area contributed by atoms with Gasteiger partial charge in [0.05, 0.1) is 6.21 Å². The fourth-order valence-corrected chi connectivity index (χ4v) is 1.81. The Labute approximate surface area is 95.1 Å². The zero-order valence-electron chi connectivity index (χ0n) is 9.66. The Morgan fingerprint density at radius 2 is 2.25 bits per heavy atom. The van der Waals surface area contributed by atoms with Crippen molar-refractivity contribution < 1.29 is 4.84 Å². The van der Waals surface area contributed by atoms with Crippen LogP contribution in [0.25, 0.3) is 10.9 Å². The van der Waals surface area contributed by atoms with E-state index in [1.807, 2.05) is 13.1 Å². The van der Waals surface area contributed by atoms with Crippen LogP contribution in [0.5, 0.6) is 0 Å². The molecule has 0 aliphatic rings. The van der Waals surface area contributed by atoms with Crippen LogP contribution in [-0.4, -0.2) is 17.8 Å². The number of aromatic amines is 1. The largest absolute Gasteiger partial charge is 0.396 e. The Morgan fingerprint density at radius 3 is 3.00 bits per heavy atom. The van der Waals surface area contributed by atoms with E-state index in [-0.39, 0.29) is 0 Å². The Balaban J connectivity index is 2.41. The molecule has 0 atom stereocenters. The van der Waals surface area contributed by atoms with Gasteiger partial charge in [-0.25, -0.2) is 0 Å². The molecule has 1 heterocycles. The van der Waals surface area contributed by atoms with Crippen molar-refractivity contribution in [3.63, 3.8) is 0 Å². The molecule has 0 spiro atoms. The van der Waals surface area contributed by atoms with Crippen LogP contribution in [0.1, 0.15) is 25.0 Å². The maximum Gasteiger partial charge on any atom is 0.114 e. The first kappa shape index (κ1) is 10.7. The molecule has 0 amide bonds. The number of H-pyrrole nitrogens is 1. The number of aryl methyl sites for hydroxylation is 1. The molecule has 0 aliphatic heterocycles. The smallest absolute Gasteiger partial charge is 0.114 e. The van der Waals surface area contributed by atoms with E-state index < -0.39 is 0 Å². The van der Waals surface area contributed by atoms with Gasteiger partial charge in [0.25, 0.3) is 0 Å². The quantitative estimate of drug-likeness (QED) is 0.619. The summed E-state index contributed by atoms with van der Waals surface area (Å²) in [6.45, 7) is 4.67. The van der Waals surface area contributed by atoms with Gasteiger partial charge >= 0.3 is 0 Å². The fourth-order valence-electron chi connectivity index (χ4n) is 1.81. The van der Waals surface area contributed by atoms with Crippen LogP contribution in [0.4, 0.5) is 0 Å². The number of hydrogen-bond acceptors (Lipinski definition) is 2. The molecule has 2 aromatic rings. The van der Waals surface area contributed by atoms with Gasteiger partial charge in [0.1, 0.15) is 6.61 Å². The zero-order chi connectivity index (χ0) is 11.4. The van der Waals surface area contributed by atoms with E-state index in [1.165, 1.54) is 16.5 Å². The van der Waals surface area contributed by atoms with Crippen molar-refractivity contribution in [1.82, 2.24) is 4.98 Å². The van der Waals surface area contributed by atoms with Crippen LogP contribution in [0.15, 0.2) is 29.6 Å². The van der Waals surface area contributed by atoms with Crippen molar-refractivity contribution in [3.05, 3.63) is 35.5 Å². The van der Waals surface area contributed by atoms with Crippen molar-refractivity contribution in [2.45, 2.75) is 20.3 Å². The number of hydrogen-bond donors (Lipinski definition) is 1. The van der Waals surface area contributed by atoms with E-state index in [2.05, 4.69) is 35.3 Å². The minimum atomic E-state index is 0.596. The molecule has 1 aromatic carbocycles. The molecule has 0 saturated carbocycles. The lowest BCUT2D eigenvalue weighted by atomic mass is 10.1. The average Bonchev–Trinajstić information content (AvgIpc) is 2.73. The van der Waals surface area contributed by atoms with Gasteiger partial charge in [-0.05, 0) is 18.9 Å². The topological polar surface area (TPSA) is 37.4 Å². The lowest BCUT2D eigenvalue weighted by Gasteiger charge is -1.98. The number of benzene rings is 1. The molecule has 2 rings (SSSR count). The standard InChI is InChI=1S/C13H16N2O/c1-3-10-6-5-7-12-11(8-14-13(10)12)9-15-16-4-2/h5-9,14H,3-4H2,1-2H3. The van der Waals surface area contributed by atoms with Gasteiger partial charge in [0.2, 0.25) is 0 Å². The summed E-state index contributed by atoms with van der Waals surface area (Å²) in [5.41, 5.74) is 3.59. The highest BCUT2D eigenvalue weighted by molar-refractivity contribution is 5.99. The lowest BCUT2D eigenvalue weighted by molar-refractivity contribution is 0.160. The van der Waals surface area contributed by atoms with Crippen LogP contribution in [0.2, 0.25) is 0 Å². The van der Waals surface area contributed by atoms with Gasteiger partial charge in [-0.15, -0.1) is 0 Å². The van der Waals surface area contributed by atoms with E-state index in [0.29, 0.717) is 6.61 Å². The zero-order valence-corrected chi connectivity index (χ0v) is 9.66. The molecule has 0 fully saturated rings. The molecule has 84 valence electrons. The molecule has 0 radical (unpaired) electrons. The highest BCUT2D eigenvalue weighted by atomic mass is 16.6. The Hall–Kier alpha value is -1.77. The molecule has 1 aromatic heterocycles. The van der Waals surface area contributed by atoms with Crippen molar-refractivity contribution in [3.8, 4) is 0 Å². The predicted molar refractivity (Wildman–Crippen MR) is 66.9 cm³/mol. The van der Waals surface area contributed by atoms with E-state index in [4.69, 9.17) is 4.84 Å². The molecule has 3 heteroatoms. The first-order valence-corrected chi connectivity index (χ1v) is 5.61. The van der Waals surface area contributed by atoms with Crippen LogP contribution < -0.4 is 0 Å². The lowest BCUT2D eigenvalue weighted by Crippen LogP contribution is -1.84. The van der Waals surface area contributed by atoms with Gasteiger partial charge < -0.3 is 9.82 Å². The van der Waals surface area contributed by atoms with Crippen LogP contribution in [-0.2, 0) is 11.3 Å². The summed E-state index contributed by atoms with van der Waals surface area (Å²) in [5.74, 6) is 0. The number of rotatable bonds is 4. The summed E-state index contributed by atoms with van der Waals surface area (Å²) in [7, 11) is 0. The van der Waals surface area contributed by atoms with Gasteiger partial charge in [-0.3, -0.25) is 0 Å². The monoisotopic (exact) mass is 216 g/mol. The second-order valence-electron chi connectivity index (χ2n) is 3.59. The van der Waals surface area contributed by atoms with Crippen molar-refractivity contribution in [1.29, 1.82) is 0 Å². The summed E-state index contributed by atoms with van der Waals surface area (Å²) in [6.07, 6.45) is 4.74. The first-order chi connectivity index (χ1) is 7.86. The van der Waals surface area contributed by atoms with Crippen LogP contribution >= 0.6 is 0 Å². The maximum absolute atomic E-state index is 4.97. The number of aromatic nitrogens is 1. The molecule has 1 N–H and O–H groups in total. The van der Waals surface area contributed by atoms with Gasteiger partial charge in [0, 0.05) is 22.7 Å². The third-order valence-electron chi connectivity index (χ3n) is 2.61. The number of nitrogens with one attached hydrogen (secondary N) is 1. The van der Waals surface area contributed by atoms with Crippen molar-refractivity contribution in [2.24, 2.45) is 5.16 Å². The Bertz CT molecular complexity index is 500. The van der Waals surface area contributed by atoms with Crippen molar-refractivity contribution >= 4 is 17.1 Å². The molecular weight excluding hydrogens is 200 g/mol. The predicted octanol–water partition coefficient (Wildman–Crippen LogP) is 3.10. The minimum Gasteiger partial charge on any atom is -0.396 e. The summed E-state index contributed by atoms with van der Waals surface area (Å²) in [5, 5.41) is 5.09. The summed E-state index contributed by atoms with van der Waals surface area (Å²) < 4.78 is 0. The Morgan fingerprint density at radius 1 is 1.38 bits per heavy atom. The minimum absolute atomic E-state index is 0.596. The van der Waals surface area contributed by atoms with Crippen molar-refractivity contribution in [2.75, 3.05) is 6.61 Å². The molecule has 16 heavy (non-hydrogen) atoms. The maximum atomic E-state index is 4.97. The van der Waals surface area contributed by atoms with E-state index in [1.54, 1.807) is 6.21 Å². The number of nitrogens with zero attached hydrogens (tertiary/aromatic N) is 1. The van der Waals surface area contributed by atoms with Crippen LogP contribution in [0, 0.1) is 0 Å². The van der Waals surface area contributed by atoms with Crippen LogP contribution in [0.3, 0.4) is 0 Å². The molecule has 0 unspecified atom stereocenters. The highest BCUT2D eigenvalue weighted by Crippen LogP contribution is 2.20. The summed E-state index contributed by atoms with van der Waals surface area (Å²) >= 11 is 0. The molecule has 3 nitrogen and oxygen atoms in total. The number of para-hydroxylation sites is 1. The number of fused-ring (bicyclic) bond motifs is 1. The molecule has 0 aliphatic carbocycles. The normalized spacial score (nSPS) is 11.4. The third kappa shape index (κ3) is 1.94. The molecule has 0 saturated heterocycles. The van der Waals surface area contributed by atoms with Gasteiger partial charge in [0.15, 0.2) is 0 Å². The summed E-state index contributed by atoms with van der Waals surface area (Å²) in [4.78, 5) is 8.26. The molecule has 0 bridgehead atoms. The molecular formula is C13H16N2O. The third-order valence-corrected chi connectivity index (χ3v) is 2.61. The first-order valence-electron chi connectivity index (χ1n) is 5.61. The van der Waals surface area contributed by atoms with Gasteiger partial charge in [-0.1, -0.05) is 30.3 Å². The van der Waals surface area contributed by atoms with E-state index >= 15 is 0 Å². The highest BCUT2D eigenvalue weighted by Gasteiger charge is 2.04. The fraction of sp³-hybridized carbons (Fsp3) is 0.308. The number of oxime groups is 1. The Kier molecular flexibility index (Phi) is 3.25. The average molecular weight is 216 g/mol. The van der Waals surface area contributed by atoms with E-state index in [0.717, 1.165) is 12.0 Å². The van der Waals surface area contributed by atoms with Gasteiger partial charge in [-0.2, -0.15) is 0 Å². The van der Waals surface area contributed by atoms with E-state index in [9.17, 15) is 0 Å².